The molecule has 1 fully saturated rings. The predicted molar refractivity (Wildman–Crippen MR) is 109 cm³/mol. The van der Waals surface area contributed by atoms with Gasteiger partial charge in [-0.3, -0.25) is 19.8 Å². The standard InChI is InChI=1S/C22H16FN3O5/c1-13-6-7-14(10-19(13)26(29)30)20-9-8-16(31-20)11-18-21(27)25(22(28)24-18)12-15-4-2-3-5-17(15)23/h2-11H,12H2,1H3,(H,24,28). The van der Waals surface area contributed by atoms with Gasteiger partial charge in [-0.1, -0.05) is 30.3 Å². The summed E-state index contributed by atoms with van der Waals surface area (Å²) in [6.45, 7) is 1.44. The number of hydrogen-bond acceptors (Lipinski definition) is 5. The summed E-state index contributed by atoms with van der Waals surface area (Å²) in [6.07, 6.45) is 1.35. The van der Waals surface area contributed by atoms with Gasteiger partial charge in [0.15, 0.2) is 0 Å². The van der Waals surface area contributed by atoms with Crippen LogP contribution in [0.3, 0.4) is 0 Å². The van der Waals surface area contributed by atoms with E-state index in [0.717, 1.165) is 4.90 Å². The third-order valence-electron chi connectivity index (χ3n) is 4.85. The Hall–Kier alpha value is -4.27. The van der Waals surface area contributed by atoms with Crippen molar-refractivity contribution in [2.24, 2.45) is 0 Å². The van der Waals surface area contributed by atoms with Gasteiger partial charge in [-0.2, -0.15) is 0 Å². The molecule has 1 saturated heterocycles. The van der Waals surface area contributed by atoms with Crippen molar-refractivity contribution in [1.29, 1.82) is 0 Å². The molecule has 1 N–H and O–H groups in total. The SMILES string of the molecule is Cc1ccc(-c2ccc(C=C3NC(=O)N(Cc4ccccc4F)C3=O)o2)cc1[N+](=O)[O-]. The van der Waals surface area contributed by atoms with Crippen molar-refractivity contribution in [1.82, 2.24) is 10.2 Å². The first-order valence-corrected chi connectivity index (χ1v) is 9.26. The molecule has 0 atom stereocenters. The Morgan fingerprint density at radius 1 is 1.16 bits per heavy atom. The number of hydrogen-bond donors (Lipinski definition) is 1. The summed E-state index contributed by atoms with van der Waals surface area (Å²) in [4.78, 5) is 36.4. The van der Waals surface area contributed by atoms with Gasteiger partial charge in [0.1, 0.15) is 23.0 Å². The van der Waals surface area contributed by atoms with E-state index in [4.69, 9.17) is 4.42 Å². The molecule has 0 spiro atoms. The number of nitro benzene ring substituents is 1. The number of rotatable bonds is 5. The fraction of sp³-hybridized carbons (Fsp3) is 0.0909. The van der Waals surface area contributed by atoms with Gasteiger partial charge in [0.2, 0.25) is 0 Å². The second-order valence-electron chi connectivity index (χ2n) is 6.93. The molecule has 31 heavy (non-hydrogen) atoms. The molecule has 0 aliphatic carbocycles. The second kappa shape index (κ2) is 7.86. The van der Waals surface area contributed by atoms with Crippen LogP contribution in [-0.4, -0.2) is 21.8 Å². The third kappa shape index (κ3) is 3.93. The summed E-state index contributed by atoms with van der Waals surface area (Å²) < 4.78 is 19.5. The molecule has 156 valence electrons. The molecule has 4 rings (SSSR count). The molecule has 0 unspecified atom stereocenters. The van der Waals surface area contributed by atoms with Crippen molar-refractivity contribution in [3.8, 4) is 11.3 Å². The maximum absolute atomic E-state index is 13.9. The molecular formula is C22H16FN3O5. The molecule has 0 saturated carbocycles. The van der Waals surface area contributed by atoms with Crippen LogP contribution in [0.25, 0.3) is 17.4 Å². The second-order valence-corrected chi connectivity index (χ2v) is 6.93. The van der Waals surface area contributed by atoms with E-state index in [9.17, 15) is 24.1 Å². The van der Waals surface area contributed by atoms with Crippen molar-refractivity contribution in [2.45, 2.75) is 13.5 Å². The Morgan fingerprint density at radius 2 is 1.94 bits per heavy atom. The molecule has 1 aliphatic heterocycles. The number of carbonyl (C=O) groups is 2. The summed E-state index contributed by atoms with van der Waals surface area (Å²) >= 11 is 0. The first-order valence-electron chi connectivity index (χ1n) is 9.26. The maximum Gasteiger partial charge on any atom is 0.329 e. The lowest BCUT2D eigenvalue weighted by molar-refractivity contribution is -0.385. The van der Waals surface area contributed by atoms with Crippen LogP contribution in [0.5, 0.6) is 0 Å². The van der Waals surface area contributed by atoms with Crippen LogP contribution in [0, 0.1) is 22.9 Å². The van der Waals surface area contributed by atoms with Gasteiger partial charge in [-0.25, -0.2) is 9.18 Å². The highest BCUT2D eigenvalue weighted by Crippen LogP contribution is 2.29. The number of aryl methyl sites for hydroxylation is 1. The molecule has 9 heteroatoms. The first-order chi connectivity index (χ1) is 14.8. The zero-order valence-electron chi connectivity index (χ0n) is 16.3. The molecule has 2 heterocycles. The molecule has 0 radical (unpaired) electrons. The van der Waals surface area contributed by atoms with E-state index in [1.165, 1.54) is 30.3 Å². The van der Waals surface area contributed by atoms with Gasteiger partial charge in [-0.05, 0) is 25.1 Å². The Morgan fingerprint density at radius 3 is 2.68 bits per heavy atom. The quantitative estimate of drug-likeness (QED) is 0.285. The van der Waals surface area contributed by atoms with Gasteiger partial charge in [0.05, 0.1) is 11.5 Å². The van der Waals surface area contributed by atoms with Gasteiger partial charge in [0, 0.05) is 28.8 Å². The molecule has 3 aromatic rings. The van der Waals surface area contributed by atoms with Gasteiger partial charge in [0.25, 0.3) is 11.6 Å². The Kier molecular flexibility index (Phi) is 5.08. The van der Waals surface area contributed by atoms with E-state index in [2.05, 4.69) is 5.32 Å². The maximum atomic E-state index is 13.9. The minimum atomic E-state index is -0.666. The van der Waals surface area contributed by atoms with Gasteiger partial charge >= 0.3 is 6.03 Å². The average Bonchev–Trinajstić information content (AvgIpc) is 3.30. The lowest BCUT2D eigenvalue weighted by atomic mass is 10.1. The Balaban J connectivity index is 1.56. The number of nitrogens with one attached hydrogen (secondary N) is 1. The summed E-state index contributed by atoms with van der Waals surface area (Å²) in [7, 11) is 0. The molecule has 1 aromatic heterocycles. The molecule has 0 bridgehead atoms. The highest BCUT2D eigenvalue weighted by Gasteiger charge is 2.34. The number of carbonyl (C=O) groups excluding carboxylic acids is 2. The summed E-state index contributed by atoms with van der Waals surface area (Å²) in [5.74, 6) is -0.481. The van der Waals surface area contributed by atoms with Crippen LogP contribution in [-0.2, 0) is 11.3 Å². The van der Waals surface area contributed by atoms with E-state index in [-0.39, 0.29) is 29.3 Å². The molecule has 1 aliphatic rings. The van der Waals surface area contributed by atoms with Gasteiger partial charge < -0.3 is 9.73 Å². The largest absolute Gasteiger partial charge is 0.457 e. The van der Waals surface area contributed by atoms with Crippen molar-refractivity contribution < 1.29 is 23.3 Å². The predicted octanol–water partition coefficient (Wildman–Crippen LogP) is 4.40. The fourth-order valence-electron chi connectivity index (χ4n) is 3.20. The van der Waals surface area contributed by atoms with Crippen molar-refractivity contribution in [2.75, 3.05) is 0 Å². The van der Waals surface area contributed by atoms with E-state index in [0.29, 0.717) is 16.9 Å². The minimum absolute atomic E-state index is 0.0166. The van der Waals surface area contributed by atoms with Crippen molar-refractivity contribution in [3.05, 3.63) is 93.1 Å². The van der Waals surface area contributed by atoms with Crippen LogP contribution in [0.1, 0.15) is 16.9 Å². The zero-order valence-corrected chi connectivity index (χ0v) is 16.3. The topological polar surface area (TPSA) is 106 Å². The van der Waals surface area contributed by atoms with Gasteiger partial charge in [-0.15, -0.1) is 0 Å². The lowest BCUT2D eigenvalue weighted by Gasteiger charge is -2.12. The lowest BCUT2D eigenvalue weighted by Crippen LogP contribution is -2.30. The molecular weight excluding hydrogens is 405 g/mol. The smallest absolute Gasteiger partial charge is 0.329 e. The number of furan rings is 1. The van der Waals surface area contributed by atoms with Crippen LogP contribution >= 0.6 is 0 Å². The minimum Gasteiger partial charge on any atom is -0.457 e. The highest BCUT2D eigenvalue weighted by molar-refractivity contribution is 6.13. The highest BCUT2D eigenvalue weighted by atomic mass is 19.1. The van der Waals surface area contributed by atoms with Crippen LogP contribution in [0.2, 0.25) is 0 Å². The number of amides is 3. The van der Waals surface area contributed by atoms with E-state index >= 15 is 0 Å². The average molecular weight is 421 g/mol. The van der Waals surface area contributed by atoms with E-state index in [1.54, 1.807) is 37.3 Å². The number of halogens is 1. The number of urea groups is 1. The van der Waals surface area contributed by atoms with E-state index in [1.807, 2.05) is 0 Å². The molecule has 8 nitrogen and oxygen atoms in total. The normalized spacial score (nSPS) is 14.9. The number of imide groups is 1. The number of nitrogens with zero attached hydrogens (tertiary/aromatic N) is 2. The zero-order chi connectivity index (χ0) is 22.1. The molecule has 2 aromatic carbocycles. The van der Waals surface area contributed by atoms with Crippen LogP contribution in [0.15, 0.2) is 64.7 Å². The number of benzene rings is 2. The monoisotopic (exact) mass is 421 g/mol. The van der Waals surface area contributed by atoms with E-state index < -0.39 is 22.7 Å². The Labute approximate surface area is 175 Å². The van der Waals surface area contributed by atoms with Crippen LogP contribution in [0.4, 0.5) is 14.9 Å². The third-order valence-corrected chi connectivity index (χ3v) is 4.85. The summed E-state index contributed by atoms with van der Waals surface area (Å²) in [5, 5.41) is 13.6. The van der Waals surface area contributed by atoms with Crippen molar-refractivity contribution >= 4 is 23.7 Å². The van der Waals surface area contributed by atoms with Crippen molar-refractivity contribution in [3.63, 3.8) is 0 Å². The first kappa shape index (κ1) is 20.0. The molecule has 3 amide bonds. The number of nitro groups is 1. The summed E-state index contributed by atoms with van der Waals surface area (Å²) in [6, 6.07) is 13.1. The summed E-state index contributed by atoms with van der Waals surface area (Å²) in [5.41, 5.74) is 1.20. The fourth-order valence-corrected chi connectivity index (χ4v) is 3.20. The Bertz CT molecular complexity index is 1250. The van der Waals surface area contributed by atoms with Crippen LogP contribution < -0.4 is 5.32 Å².